The molecule has 1 fully saturated rings. The van der Waals surface area contributed by atoms with Crippen LogP contribution in [0.3, 0.4) is 0 Å². The Labute approximate surface area is 153 Å². The lowest BCUT2D eigenvalue weighted by Crippen LogP contribution is -2.41. The van der Waals surface area contributed by atoms with Gasteiger partial charge < -0.3 is 19.9 Å². The molecule has 1 heterocycles. The molecule has 0 amide bonds. The first kappa shape index (κ1) is 19.7. The summed E-state index contributed by atoms with van der Waals surface area (Å²) in [6, 6.07) is 8.75. The maximum absolute atomic E-state index is 5.49. The predicted octanol–water partition coefficient (Wildman–Crippen LogP) is 2.57. The molecule has 1 unspecified atom stereocenters. The van der Waals surface area contributed by atoms with Crippen LogP contribution in [0.1, 0.15) is 31.4 Å². The number of aliphatic imine (C=N–C) groups is 1. The van der Waals surface area contributed by atoms with Crippen LogP contribution in [0.25, 0.3) is 0 Å². The third-order valence-corrected chi connectivity index (χ3v) is 4.65. The number of benzene rings is 1. The van der Waals surface area contributed by atoms with Crippen LogP contribution < -0.4 is 5.32 Å². The summed E-state index contributed by atoms with van der Waals surface area (Å²) >= 11 is 0. The molecule has 2 rings (SSSR count). The standard InChI is InChI=1S/C20H34N4O/c1-5-21-20(24(4)15-19-10-11-25-16-19)22-13-17-8-7-9-18(12-17)14-23(3)6-2/h7-9,12,19H,5-6,10-11,13-16H2,1-4H3,(H,21,22). The zero-order chi connectivity index (χ0) is 18.1. The van der Waals surface area contributed by atoms with Crippen molar-refractivity contribution >= 4 is 5.96 Å². The molecule has 0 aliphatic carbocycles. The van der Waals surface area contributed by atoms with Crippen LogP contribution >= 0.6 is 0 Å². The molecule has 1 N–H and O–H groups in total. The average molecular weight is 347 g/mol. The monoisotopic (exact) mass is 346 g/mol. The molecule has 0 bridgehead atoms. The van der Waals surface area contributed by atoms with Crippen molar-refractivity contribution in [3.8, 4) is 0 Å². The van der Waals surface area contributed by atoms with Gasteiger partial charge >= 0.3 is 0 Å². The Hall–Kier alpha value is -1.59. The molecular weight excluding hydrogens is 312 g/mol. The van der Waals surface area contributed by atoms with Gasteiger partial charge in [0, 0.05) is 39.2 Å². The number of rotatable bonds is 8. The van der Waals surface area contributed by atoms with E-state index >= 15 is 0 Å². The summed E-state index contributed by atoms with van der Waals surface area (Å²) in [4.78, 5) is 9.39. The number of hydrogen-bond donors (Lipinski definition) is 1. The van der Waals surface area contributed by atoms with Crippen LogP contribution in [0, 0.1) is 5.92 Å². The Kier molecular flexibility index (Phi) is 8.22. The Morgan fingerprint density at radius 2 is 2.08 bits per heavy atom. The van der Waals surface area contributed by atoms with Gasteiger partial charge in [-0.05, 0) is 38.1 Å². The third kappa shape index (κ3) is 6.67. The maximum atomic E-state index is 5.49. The topological polar surface area (TPSA) is 40.1 Å². The molecule has 0 spiro atoms. The lowest BCUT2D eigenvalue weighted by molar-refractivity contribution is 0.181. The molecule has 0 radical (unpaired) electrons. The predicted molar refractivity (Wildman–Crippen MR) is 105 cm³/mol. The van der Waals surface area contributed by atoms with Crippen molar-refractivity contribution < 1.29 is 4.74 Å². The summed E-state index contributed by atoms with van der Waals surface area (Å²) in [6.07, 6.45) is 1.15. The summed E-state index contributed by atoms with van der Waals surface area (Å²) in [5.74, 6) is 1.59. The van der Waals surface area contributed by atoms with Gasteiger partial charge in [0.2, 0.25) is 0 Å². The first-order valence-corrected chi connectivity index (χ1v) is 9.45. The fourth-order valence-corrected chi connectivity index (χ4v) is 3.09. The van der Waals surface area contributed by atoms with Gasteiger partial charge in [-0.25, -0.2) is 4.99 Å². The van der Waals surface area contributed by atoms with E-state index in [0.717, 1.165) is 51.8 Å². The fourth-order valence-electron chi connectivity index (χ4n) is 3.09. The highest BCUT2D eigenvalue weighted by Crippen LogP contribution is 2.14. The van der Waals surface area contributed by atoms with Crippen molar-refractivity contribution in [3.63, 3.8) is 0 Å². The average Bonchev–Trinajstić information content (AvgIpc) is 3.11. The summed E-state index contributed by atoms with van der Waals surface area (Å²) in [5, 5.41) is 3.41. The molecule has 1 saturated heterocycles. The summed E-state index contributed by atoms with van der Waals surface area (Å²) in [5.41, 5.74) is 2.61. The van der Waals surface area contributed by atoms with Gasteiger partial charge in [-0.2, -0.15) is 0 Å². The second kappa shape index (κ2) is 10.4. The second-order valence-electron chi connectivity index (χ2n) is 6.93. The van der Waals surface area contributed by atoms with E-state index in [1.807, 2.05) is 0 Å². The van der Waals surface area contributed by atoms with E-state index in [1.54, 1.807) is 0 Å². The van der Waals surface area contributed by atoms with Gasteiger partial charge in [0.15, 0.2) is 5.96 Å². The summed E-state index contributed by atoms with van der Waals surface area (Å²) in [6.45, 7) is 10.7. The number of guanidine groups is 1. The van der Waals surface area contributed by atoms with E-state index in [4.69, 9.17) is 9.73 Å². The molecule has 1 aromatic carbocycles. The van der Waals surface area contributed by atoms with Crippen molar-refractivity contribution in [2.24, 2.45) is 10.9 Å². The highest BCUT2D eigenvalue weighted by atomic mass is 16.5. The minimum absolute atomic E-state index is 0.613. The van der Waals surface area contributed by atoms with E-state index in [9.17, 15) is 0 Å². The largest absolute Gasteiger partial charge is 0.381 e. The van der Waals surface area contributed by atoms with Crippen molar-refractivity contribution in [2.75, 3.05) is 46.9 Å². The molecule has 25 heavy (non-hydrogen) atoms. The van der Waals surface area contributed by atoms with Crippen LogP contribution in [-0.2, 0) is 17.8 Å². The third-order valence-electron chi connectivity index (χ3n) is 4.65. The molecule has 1 atom stereocenters. The quantitative estimate of drug-likeness (QED) is 0.580. The second-order valence-corrected chi connectivity index (χ2v) is 6.93. The van der Waals surface area contributed by atoms with Crippen molar-refractivity contribution in [1.82, 2.24) is 15.1 Å². The van der Waals surface area contributed by atoms with E-state index in [2.05, 4.69) is 67.3 Å². The SMILES string of the molecule is CCNC(=NCc1cccc(CN(C)CC)c1)N(C)CC1CCOC1. The van der Waals surface area contributed by atoms with Crippen LogP contribution in [0.2, 0.25) is 0 Å². The lowest BCUT2D eigenvalue weighted by atomic mass is 10.1. The Morgan fingerprint density at radius 1 is 1.28 bits per heavy atom. The first-order chi connectivity index (χ1) is 12.1. The maximum Gasteiger partial charge on any atom is 0.193 e. The van der Waals surface area contributed by atoms with E-state index in [0.29, 0.717) is 12.5 Å². The van der Waals surface area contributed by atoms with Crippen LogP contribution in [0.5, 0.6) is 0 Å². The molecule has 140 valence electrons. The molecule has 5 heteroatoms. The number of nitrogens with zero attached hydrogens (tertiary/aromatic N) is 3. The highest BCUT2D eigenvalue weighted by molar-refractivity contribution is 5.79. The lowest BCUT2D eigenvalue weighted by Gasteiger charge is -2.24. The molecule has 0 aromatic heterocycles. The van der Waals surface area contributed by atoms with E-state index in [1.165, 1.54) is 11.1 Å². The minimum atomic E-state index is 0.613. The highest BCUT2D eigenvalue weighted by Gasteiger charge is 2.19. The van der Waals surface area contributed by atoms with Gasteiger partial charge in [-0.3, -0.25) is 0 Å². The minimum Gasteiger partial charge on any atom is -0.381 e. The van der Waals surface area contributed by atoms with Crippen LogP contribution in [0.15, 0.2) is 29.3 Å². The van der Waals surface area contributed by atoms with Gasteiger partial charge in [-0.1, -0.05) is 31.2 Å². The van der Waals surface area contributed by atoms with Gasteiger partial charge in [-0.15, -0.1) is 0 Å². The molecule has 1 aliphatic heterocycles. The van der Waals surface area contributed by atoms with Gasteiger partial charge in [0.1, 0.15) is 0 Å². The molecule has 5 nitrogen and oxygen atoms in total. The van der Waals surface area contributed by atoms with Crippen molar-refractivity contribution in [3.05, 3.63) is 35.4 Å². The van der Waals surface area contributed by atoms with Crippen LogP contribution in [-0.4, -0.2) is 62.7 Å². The molecule has 1 aromatic rings. The number of ether oxygens (including phenoxy) is 1. The zero-order valence-electron chi connectivity index (χ0n) is 16.3. The fraction of sp³-hybridized carbons (Fsp3) is 0.650. The van der Waals surface area contributed by atoms with E-state index < -0.39 is 0 Å². The zero-order valence-corrected chi connectivity index (χ0v) is 16.3. The molecule has 1 aliphatic rings. The van der Waals surface area contributed by atoms with Gasteiger partial charge in [0.25, 0.3) is 0 Å². The summed E-state index contributed by atoms with van der Waals surface area (Å²) in [7, 11) is 4.27. The normalized spacial score (nSPS) is 18.0. The molecular formula is C20H34N4O. The van der Waals surface area contributed by atoms with Crippen molar-refractivity contribution in [1.29, 1.82) is 0 Å². The summed E-state index contributed by atoms with van der Waals surface area (Å²) < 4.78 is 5.49. The number of hydrogen-bond acceptors (Lipinski definition) is 3. The first-order valence-electron chi connectivity index (χ1n) is 9.45. The van der Waals surface area contributed by atoms with Crippen LogP contribution in [0.4, 0.5) is 0 Å². The Bertz CT molecular complexity index is 540. The Morgan fingerprint density at radius 3 is 2.76 bits per heavy atom. The molecule has 0 saturated carbocycles. The number of nitrogens with one attached hydrogen (secondary N) is 1. The van der Waals surface area contributed by atoms with Crippen molar-refractivity contribution in [2.45, 2.75) is 33.4 Å². The smallest absolute Gasteiger partial charge is 0.193 e. The van der Waals surface area contributed by atoms with Gasteiger partial charge in [0.05, 0.1) is 13.2 Å². The Balaban J connectivity index is 1.98. The van der Waals surface area contributed by atoms with E-state index in [-0.39, 0.29) is 0 Å².